The van der Waals surface area contributed by atoms with E-state index >= 15 is 0 Å². The normalized spacial score (nSPS) is 16.3. The highest BCUT2D eigenvalue weighted by Gasteiger charge is 2.26. The van der Waals surface area contributed by atoms with Gasteiger partial charge in [-0.05, 0) is 67.5 Å². The lowest BCUT2D eigenvalue weighted by molar-refractivity contribution is 0.242. The highest BCUT2D eigenvalue weighted by atomic mass is 32.2. The van der Waals surface area contributed by atoms with Crippen molar-refractivity contribution >= 4 is 22.8 Å². The van der Waals surface area contributed by atoms with Gasteiger partial charge in [0.25, 0.3) is 0 Å². The lowest BCUT2D eigenvalue weighted by atomic mass is 10.0. The van der Waals surface area contributed by atoms with E-state index in [-0.39, 0.29) is 12.1 Å². The molecule has 0 fully saturated rings. The van der Waals surface area contributed by atoms with E-state index in [1.54, 1.807) is 12.1 Å². The molecule has 1 aliphatic rings. The molecule has 0 aliphatic heterocycles. The molecule has 7 nitrogen and oxygen atoms in total. The van der Waals surface area contributed by atoms with Crippen molar-refractivity contribution in [1.82, 2.24) is 14.1 Å². The molecule has 0 radical (unpaired) electrons. The van der Waals surface area contributed by atoms with Crippen molar-refractivity contribution in [2.45, 2.75) is 38.8 Å². The molecule has 0 amide bonds. The number of hydrogen-bond donors (Lipinski definition) is 1. The Kier molecular flexibility index (Phi) is 5.92. The number of aromatic nitrogens is 2. The molecular weight excluding hydrogens is 420 g/mol. The minimum atomic E-state index is -2.31. The number of ether oxygens (including phenoxy) is 1. The van der Waals surface area contributed by atoms with Gasteiger partial charge in [0.15, 0.2) is 5.82 Å². The third kappa shape index (κ3) is 4.13. The number of rotatable bonds is 6. The fourth-order valence-electron chi connectivity index (χ4n) is 3.66. The van der Waals surface area contributed by atoms with Gasteiger partial charge in [0, 0.05) is 28.4 Å². The molecule has 0 spiro atoms. The van der Waals surface area contributed by atoms with Gasteiger partial charge in [-0.1, -0.05) is 18.2 Å². The summed E-state index contributed by atoms with van der Waals surface area (Å²) in [5, 5.41) is 10.2. The van der Waals surface area contributed by atoms with Gasteiger partial charge in [-0.3, -0.25) is 4.21 Å². The molecule has 1 aliphatic carbocycles. The zero-order valence-corrected chi connectivity index (χ0v) is 18.0. The molecule has 0 saturated carbocycles. The van der Waals surface area contributed by atoms with Crippen LogP contribution in [-0.2, 0) is 17.7 Å². The molecule has 2 aromatic carbocycles. The van der Waals surface area contributed by atoms with Gasteiger partial charge in [0.1, 0.15) is 16.8 Å². The Morgan fingerprint density at radius 1 is 1.37 bits per heavy atom. The van der Waals surface area contributed by atoms with Gasteiger partial charge in [0.2, 0.25) is 0 Å². The van der Waals surface area contributed by atoms with Crippen LogP contribution in [0.5, 0.6) is 5.75 Å². The molecule has 3 aromatic rings. The maximum atomic E-state index is 11.0. The number of fused-ring (bicyclic) bond motifs is 1. The molecule has 1 heterocycles. The molecule has 9 heteroatoms. The number of benzene rings is 2. The van der Waals surface area contributed by atoms with Crippen LogP contribution < -0.4 is 9.46 Å². The van der Waals surface area contributed by atoms with E-state index in [2.05, 4.69) is 15.2 Å². The van der Waals surface area contributed by atoms with Crippen LogP contribution in [0, 0.1) is 11.3 Å². The summed E-state index contributed by atoms with van der Waals surface area (Å²) in [4.78, 5) is 4.70. The third-order valence-corrected chi connectivity index (χ3v) is 6.13. The zero-order valence-electron chi connectivity index (χ0n) is 16.4. The van der Waals surface area contributed by atoms with Crippen LogP contribution in [0.1, 0.15) is 43.0 Å². The van der Waals surface area contributed by atoms with E-state index in [1.807, 2.05) is 38.1 Å². The molecule has 2 atom stereocenters. The predicted molar refractivity (Wildman–Crippen MR) is 114 cm³/mol. The number of nitriles is 1. The van der Waals surface area contributed by atoms with Crippen LogP contribution in [0.25, 0.3) is 22.0 Å². The maximum absolute atomic E-state index is 11.0. The summed E-state index contributed by atoms with van der Waals surface area (Å²) < 4.78 is 34.9. The van der Waals surface area contributed by atoms with Gasteiger partial charge in [-0.2, -0.15) is 9.64 Å². The first-order chi connectivity index (χ1) is 14.5. The topological polar surface area (TPSA) is 111 Å². The van der Waals surface area contributed by atoms with E-state index in [1.165, 1.54) is 11.5 Å². The number of nitrogens with zero attached hydrogens (tertiary/aromatic N) is 3. The quantitative estimate of drug-likeness (QED) is 0.583. The molecular formula is C21H19N4O3S2-. The Bertz CT molecular complexity index is 1150. The smallest absolute Gasteiger partial charge is 0.173 e. The van der Waals surface area contributed by atoms with Crippen molar-refractivity contribution in [3.63, 3.8) is 0 Å². The van der Waals surface area contributed by atoms with Gasteiger partial charge < -0.3 is 9.29 Å². The van der Waals surface area contributed by atoms with Crippen molar-refractivity contribution in [1.29, 1.82) is 5.26 Å². The number of hydrogen-bond acceptors (Lipinski definition) is 7. The SMILES string of the molecule is CC(C)Oc1ccc(-c2nc(-c3cccc4c3CCC4NS(=O)[O-])ns2)cc1C#N. The van der Waals surface area contributed by atoms with Crippen LogP contribution in [0.3, 0.4) is 0 Å². The molecule has 1 aromatic heterocycles. The van der Waals surface area contributed by atoms with Gasteiger partial charge in [-0.15, -0.1) is 0 Å². The summed E-state index contributed by atoms with van der Waals surface area (Å²) in [5.41, 5.74) is 4.22. The van der Waals surface area contributed by atoms with Gasteiger partial charge in [0.05, 0.1) is 11.7 Å². The van der Waals surface area contributed by atoms with Crippen molar-refractivity contribution in [2.24, 2.45) is 0 Å². The molecule has 154 valence electrons. The predicted octanol–water partition coefficient (Wildman–Crippen LogP) is 3.90. The first-order valence-electron chi connectivity index (χ1n) is 9.48. The Hall–Kier alpha value is -2.64. The first kappa shape index (κ1) is 20.6. The summed E-state index contributed by atoms with van der Waals surface area (Å²) in [6.07, 6.45) is 1.45. The Labute approximate surface area is 181 Å². The molecule has 0 bridgehead atoms. The van der Waals surface area contributed by atoms with E-state index in [9.17, 15) is 14.0 Å². The summed E-state index contributed by atoms with van der Waals surface area (Å²) >= 11 is -1.04. The summed E-state index contributed by atoms with van der Waals surface area (Å²) in [5.74, 6) is 1.16. The summed E-state index contributed by atoms with van der Waals surface area (Å²) in [7, 11) is 0. The van der Waals surface area contributed by atoms with Crippen molar-refractivity contribution in [3.8, 4) is 33.8 Å². The van der Waals surface area contributed by atoms with Crippen LogP contribution in [0.4, 0.5) is 0 Å². The fourth-order valence-corrected chi connectivity index (χ4v) is 4.81. The van der Waals surface area contributed by atoms with Crippen molar-refractivity contribution in [3.05, 3.63) is 53.1 Å². The Morgan fingerprint density at radius 2 is 2.20 bits per heavy atom. The van der Waals surface area contributed by atoms with E-state index in [0.717, 1.165) is 28.7 Å². The van der Waals surface area contributed by atoms with Gasteiger partial charge >= 0.3 is 0 Å². The van der Waals surface area contributed by atoms with Gasteiger partial charge in [-0.25, -0.2) is 9.71 Å². The average Bonchev–Trinajstić information content (AvgIpc) is 3.35. The maximum Gasteiger partial charge on any atom is 0.173 e. The standard InChI is InChI=1S/C21H20N4O3S2/c1-12(2)28-19-9-6-13(10-14(19)11-22)21-23-20(24-29-21)17-5-3-4-16-15(17)7-8-18(16)25-30(26)27/h3-6,9-10,12,18,25H,7-8H2,1-2H3,(H,26,27)/p-1. The van der Waals surface area contributed by atoms with Crippen LogP contribution in [-0.4, -0.2) is 24.2 Å². The largest absolute Gasteiger partial charge is 0.760 e. The highest BCUT2D eigenvalue weighted by molar-refractivity contribution is 7.77. The number of nitrogens with one attached hydrogen (secondary N) is 1. The lowest BCUT2D eigenvalue weighted by Crippen LogP contribution is -2.21. The van der Waals surface area contributed by atoms with E-state index in [0.29, 0.717) is 28.6 Å². The third-order valence-electron chi connectivity index (χ3n) is 4.89. The van der Waals surface area contributed by atoms with E-state index in [4.69, 9.17) is 9.72 Å². The lowest BCUT2D eigenvalue weighted by Gasteiger charge is -2.15. The second kappa shape index (κ2) is 8.62. The van der Waals surface area contributed by atoms with Crippen LogP contribution in [0.15, 0.2) is 36.4 Å². The van der Waals surface area contributed by atoms with Crippen LogP contribution in [0.2, 0.25) is 0 Å². The average molecular weight is 440 g/mol. The van der Waals surface area contributed by atoms with Crippen molar-refractivity contribution < 1.29 is 13.5 Å². The van der Waals surface area contributed by atoms with Crippen LogP contribution >= 0.6 is 11.5 Å². The minimum Gasteiger partial charge on any atom is -0.760 e. The Morgan fingerprint density at radius 3 is 2.93 bits per heavy atom. The zero-order chi connectivity index (χ0) is 21.3. The second-order valence-corrected chi connectivity index (χ2v) is 8.69. The molecule has 1 N–H and O–H groups in total. The summed E-state index contributed by atoms with van der Waals surface area (Å²) in [6, 6.07) is 13.2. The van der Waals surface area contributed by atoms with E-state index < -0.39 is 11.3 Å². The van der Waals surface area contributed by atoms with Crippen molar-refractivity contribution in [2.75, 3.05) is 0 Å². The second-order valence-electron chi connectivity index (χ2n) is 7.23. The monoisotopic (exact) mass is 439 g/mol. The molecule has 4 rings (SSSR count). The molecule has 30 heavy (non-hydrogen) atoms. The molecule has 2 unspecified atom stereocenters. The highest BCUT2D eigenvalue weighted by Crippen LogP contribution is 2.38. The fraction of sp³-hybridized carbons (Fsp3) is 0.286. The summed E-state index contributed by atoms with van der Waals surface area (Å²) in [6.45, 7) is 3.83. The Balaban J connectivity index is 1.66. The first-order valence-corrected chi connectivity index (χ1v) is 11.3. The molecule has 0 saturated heterocycles. The minimum absolute atomic E-state index is 0.0198.